The van der Waals surface area contributed by atoms with Crippen LogP contribution in [0.3, 0.4) is 0 Å². The van der Waals surface area contributed by atoms with E-state index in [9.17, 15) is 9.90 Å². The van der Waals surface area contributed by atoms with E-state index in [1.54, 1.807) is 19.4 Å². The Hall–Kier alpha value is -2.60. The number of aromatic nitrogens is 1. The second-order valence-corrected chi connectivity index (χ2v) is 6.48. The van der Waals surface area contributed by atoms with Crippen LogP contribution < -0.4 is 14.8 Å². The maximum Gasteiger partial charge on any atom is 0.223 e. The predicted molar refractivity (Wildman–Crippen MR) is 97.0 cm³/mol. The Bertz CT molecular complexity index is 700. The van der Waals surface area contributed by atoms with E-state index >= 15 is 0 Å². The number of carbonyl (C=O) groups excluding carboxylic acids is 1. The third-order valence-corrected chi connectivity index (χ3v) is 4.61. The lowest BCUT2D eigenvalue weighted by Crippen LogP contribution is -2.41. The molecule has 1 saturated carbocycles. The first-order valence-corrected chi connectivity index (χ1v) is 8.81. The number of rotatable bonds is 8. The summed E-state index contributed by atoms with van der Waals surface area (Å²) in [4.78, 5) is 16.6. The number of carbonyl (C=O) groups is 1. The highest BCUT2D eigenvalue weighted by Crippen LogP contribution is 2.38. The number of benzene rings is 1. The monoisotopic (exact) mass is 356 g/mol. The van der Waals surface area contributed by atoms with Gasteiger partial charge in [-0.1, -0.05) is 24.3 Å². The normalized spacial score (nSPS) is 19.9. The van der Waals surface area contributed by atoms with Crippen molar-refractivity contribution in [3.63, 3.8) is 0 Å². The summed E-state index contributed by atoms with van der Waals surface area (Å²) in [5.74, 6) is 1.41. The number of amides is 1. The summed E-state index contributed by atoms with van der Waals surface area (Å²) < 4.78 is 10.7. The molecule has 6 nitrogen and oxygen atoms in total. The van der Waals surface area contributed by atoms with Gasteiger partial charge in [-0.15, -0.1) is 0 Å². The molecule has 0 radical (unpaired) electrons. The Morgan fingerprint density at radius 1 is 1.27 bits per heavy atom. The van der Waals surface area contributed by atoms with Crippen molar-refractivity contribution in [2.45, 2.75) is 31.4 Å². The molecule has 1 aliphatic carbocycles. The van der Waals surface area contributed by atoms with Crippen molar-refractivity contribution in [3.8, 4) is 11.6 Å². The van der Waals surface area contributed by atoms with Gasteiger partial charge in [0.1, 0.15) is 5.75 Å². The molecule has 0 saturated heterocycles. The number of methoxy groups -OCH3 is 1. The van der Waals surface area contributed by atoms with E-state index in [-0.39, 0.29) is 30.4 Å². The lowest BCUT2D eigenvalue weighted by atomic mass is 9.75. The molecule has 1 fully saturated rings. The third kappa shape index (κ3) is 4.73. The van der Waals surface area contributed by atoms with Crippen molar-refractivity contribution in [2.24, 2.45) is 5.92 Å². The molecule has 1 atom stereocenters. The fraction of sp³-hybridized carbons (Fsp3) is 0.400. The van der Waals surface area contributed by atoms with E-state index in [4.69, 9.17) is 9.47 Å². The van der Waals surface area contributed by atoms with E-state index in [0.717, 1.165) is 11.3 Å². The summed E-state index contributed by atoms with van der Waals surface area (Å²) in [6.07, 6.45) is 3.06. The zero-order chi connectivity index (χ0) is 18.4. The minimum atomic E-state index is -0.285. The Labute approximate surface area is 153 Å². The topological polar surface area (TPSA) is 80.7 Å². The number of aliphatic hydroxyl groups is 1. The maximum absolute atomic E-state index is 12.4. The van der Waals surface area contributed by atoms with Crippen LogP contribution in [0, 0.1) is 5.92 Å². The summed E-state index contributed by atoms with van der Waals surface area (Å²) in [5.41, 5.74) is 0.917. The summed E-state index contributed by atoms with van der Waals surface area (Å²) in [5, 5.41) is 12.7. The highest BCUT2D eigenvalue weighted by atomic mass is 16.5. The molecule has 1 aromatic carbocycles. The van der Waals surface area contributed by atoms with Crippen molar-refractivity contribution in [1.29, 1.82) is 0 Å². The molecule has 1 aliphatic rings. The van der Waals surface area contributed by atoms with E-state index < -0.39 is 0 Å². The van der Waals surface area contributed by atoms with Gasteiger partial charge >= 0.3 is 0 Å². The predicted octanol–water partition coefficient (Wildman–Crippen LogP) is 2.49. The van der Waals surface area contributed by atoms with Crippen molar-refractivity contribution < 1.29 is 19.4 Å². The molecule has 2 aromatic rings. The molecular weight excluding hydrogens is 332 g/mol. The lowest BCUT2D eigenvalue weighted by Gasteiger charge is -2.38. The van der Waals surface area contributed by atoms with Gasteiger partial charge in [-0.25, -0.2) is 4.98 Å². The van der Waals surface area contributed by atoms with Crippen LogP contribution in [-0.4, -0.2) is 35.8 Å². The lowest BCUT2D eigenvalue weighted by molar-refractivity contribution is -0.123. The summed E-state index contributed by atoms with van der Waals surface area (Å²) in [6, 6.07) is 12.9. The molecule has 0 spiro atoms. The highest BCUT2D eigenvalue weighted by molar-refractivity contribution is 5.76. The number of ether oxygens (including phenoxy) is 2. The Balaban J connectivity index is 1.57. The van der Waals surface area contributed by atoms with Gasteiger partial charge < -0.3 is 19.9 Å². The first kappa shape index (κ1) is 18.2. The van der Waals surface area contributed by atoms with Gasteiger partial charge in [0.15, 0.2) is 0 Å². The second kappa shape index (κ2) is 8.67. The van der Waals surface area contributed by atoms with Crippen LogP contribution in [0.1, 0.15) is 30.9 Å². The van der Waals surface area contributed by atoms with Gasteiger partial charge in [0.25, 0.3) is 0 Å². The molecule has 1 amide bonds. The van der Waals surface area contributed by atoms with Gasteiger partial charge in [0.05, 0.1) is 32.3 Å². The van der Waals surface area contributed by atoms with Crippen molar-refractivity contribution in [3.05, 3.63) is 54.2 Å². The van der Waals surface area contributed by atoms with Crippen molar-refractivity contribution in [2.75, 3.05) is 13.7 Å². The molecule has 1 aromatic heterocycles. The zero-order valence-corrected chi connectivity index (χ0v) is 14.8. The molecule has 0 unspecified atom stereocenters. The fourth-order valence-corrected chi connectivity index (χ4v) is 3.10. The van der Waals surface area contributed by atoms with Crippen LogP contribution in [0.15, 0.2) is 48.7 Å². The van der Waals surface area contributed by atoms with E-state index in [1.807, 2.05) is 36.4 Å². The Kier molecular flexibility index (Phi) is 6.07. The van der Waals surface area contributed by atoms with E-state index in [2.05, 4.69) is 10.3 Å². The average Bonchev–Trinajstić information content (AvgIpc) is 2.65. The standard InChI is InChI=1S/C20H24N2O4/c1-25-19-8-7-14(13-21-19)20(15-11-16(23)12-15)22-18(24)9-10-26-17-5-3-2-4-6-17/h2-8,13,15-16,20,23H,9-12H2,1H3,(H,22,24)/t15?,16?,20-/m0/s1. The maximum atomic E-state index is 12.4. The third-order valence-electron chi connectivity index (χ3n) is 4.61. The zero-order valence-electron chi connectivity index (χ0n) is 14.8. The van der Waals surface area contributed by atoms with Crippen LogP contribution in [0.25, 0.3) is 0 Å². The number of nitrogens with one attached hydrogen (secondary N) is 1. The molecule has 6 heteroatoms. The highest BCUT2D eigenvalue weighted by Gasteiger charge is 2.35. The van der Waals surface area contributed by atoms with Crippen LogP contribution in [-0.2, 0) is 4.79 Å². The fourth-order valence-electron chi connectivity index (χ4n) is 3.10. The van der Waals surface area contributed by atoms with Crippen LogP contribution in [0.5, 0.6) is 11.6 Å². The van der Waals surface area contributed by atoms with Crippen LogP contribution >= 0.6 is 0 Å². The molecule has 3 rings (SSSR count). The molecule has 2 N–H and O–H groups in total. The first-order chi connectivity index (χ1) is 12.7. The molecule has 26 heavy (non-hydrogen) atoms. The second-order valence-electron chi connectivity index (χ2n) is 6.48. The van der Waals surface area contributed by atoms with Gasteiger partial charge in [-0.05, 0) is 36.5 Å². The smallest absolute Gasteiger partial charge is 0.223 e. The average molecular weight is 356 g/mol. The van der Waals surface area contributed by atoms with Crippen molar-refractivity contribution >= 4 is 5.91 Å². The van der Waals surface area contributed by atoms with E-state index in [1.165, 1.54) is 0 Å². The minimum Gasteiger partial charge on any atom is -0.493 e. The Morgan fingerprint density at radius 2 is 2.04 bits per heavy atom. The molecular formula is C20H24N2O4. The number of aliphatic hydroxyl groups excluding tert-OH is 1. The summed E-state index contributed by atoms with van der Waals surface area (Å²) in [6.45, 7) is 0.316. The summed E-state index contributed by atoms with van der Waals surface area (Å²) >= 11 is 0. The SMILES string of the molecule is COc1ccc([C@H](NC(=O)CCOc2ccccc2)C2CC(O)C2)cn1. The number of nitrogens with zero attached hydrogens (tertiary/aromatic N) is 1. The number of pyridine rings is 1. The number of hydrogen-bond acceptors (Lipinski definition) is 5. The number of hydrogen-bond donors (Lipinski definition) is 2. The quantitative estimate of drug-likeness (QED) is 0.759. The molecule has 0 aliphatic heterocycles. The first-order valence-electron chi connectivity index (χ1n) is 8.81. The largest absolute Gasteiger partial charge is 0.493 e. The molecule has 1 heterocycles. The summed E-state index contributed by atoms with van der Waals surface area (Å²) in [7, 11) is 1.57. The van der Waals surface area contributed by atoms with Crippen LogP contribution in [0.2, 0.25) is 0 Å². The van der Waals surface area contributed by atoms with Gasteiger partial charge in [-0.2, -0.15) is 0 Å². The van der Waals surface area contributed by atoms with Crippen molar-refractivity contribution in [1.82, 2.24) is 10.3 Å². The van der Waals surface area contributed by atoms with Crippen LogP contribution in [0.4, 0.5) is 0 Å². The van der Waals surface area contributed by atoms with Gasteiger partial charge in [0.2, 0.25) is 11.8 Å². The van der Waals surface area contributed by atoms with Gasteiger partial charge in [-0.3, -0.25) is 4.79 Å². The molecule has 138 valence electrons. The Morgan fingerprint density at radius 3 is 2.65 bits per heavy atom. The number of para-hydroxylation sites is 1. The van der Waals surface area contributed by atoms with Gasteiger partial charge in [0, 0.05) is 12.3 Å². The van der Waals surface area contributed by atoms with E-state index in [0.29, 0.717) is 25.3 Å². The minimum absolute atomic E-state index is 0.0804. The molecule has 0 bridgehead atoms.